The number of rotatable bonds is 4. The lowest BCUT2D eigenvalue weighted by atomic mass is 9.97. The Morgan fingerprint density at radius 3 is 2.38 bits per heavy atom. The van der Waals surface area contributed by atoms with Gasteiger partial charge in [0, 0.05) is 11.1 Å². The van der Waals surface area contributed by atoms with E-state index in [2.05, 4.69) is 19.9 Å². The number of halogens is 2. The van der Waals surface area contributed by atoms with Gasteiger partial charge in [0.1, 0.15) is 0 Å². The van der Waals surface area contributed by atoms with Crippen LogP contribution in [0.5, 0.6) is 0 Å². The number of aryl methyl sites for hydroxylation is 1. The zero-order valence-corrected chi connectivity index (χ0v) is 11.7. The molecule has 92 valence electrons. The van der Waals surface area contributed by atoms with E-state index in [1.54, 1.807) is 0 Å². The molecule has 0 bridgehead atoms. The van der Waals surface area contributed by atoms with Crippen LogP contribution in [-0.2, 0) is 0 Å². The molecule has 0 radical (unpaired) electrons. The Bertz CT molecular complexity index is 324. The molecular formula is C13H21Cl2N. The van der Waals surface area contributed by atoms with E-state index < -0.39 is 0 Å². The zero-order chi connectivity index (χ0) is 11.4. The van der Waals surface area contributed by atoms with E-state index in [9.17, 15) is 0 Å². The van der Waals surface area contributed by atoms with E-state index in [0.717, 1.165) is 17.0 Å². The standard InChI is InChI=1S/C13H20ClN.ClH/c1-9(2)4-7-13(15)11-5-6-12(14)10(3)8-11;/h5-6,8-9,13H,4,7,15H2,1-3H3;1H/t13-;/m0./s1. The van der Waals surface area contributed by atoms with Crippen molar-refractivity contribution in [3.8, 4) is 0 Å². The van der Waals surface area contributed by atoms with E-state index in [0.29, 0.717) is 5.92 Å². The van der Waals surface area contributed by atoms with E-state index in [4.69, 9.17) is 17.3 Å². The highest BCUT2D eigenvalue weighted by atomic mass is 35.5. The minimum Gasteiger partial charge on any atom is -0.324 e. The van der Waals surface area contributed by atoms with Crippen LogP contribution in [0.25, 0.3) is 0 Å². The average Bonchev–Trinajstić information content (AvgIpc) is 2.18. The lowest BCUT2D eigenvalue weighted by Crippen LogP contribution is -2.11. The van der Waals surface area contributed by atoms with Crippen molar-refractivity contribution >= 4 is 24.0 Å². The second-order valence-electron chi connectivity index (χ2n) is 4.59. The molecule has 16 heavy (non-hydrogen) atoms. The van der Waals surface area contributed by atoms with Gasteiger partial charge in [-0.15, -0.1) is 12.4 Å². The van der Waals surface area contributed by atoms with Crippen LogP contribution in [0.15, 0.2) is 18.2 Å². The van der Waals surface area contributed by atoms with Crippen LogP contribution < -0.4 is 5.73 Å². The minimum absolute atomic E-state index is 0. The second-order valence-corrected chi connectivity index (χ2v) is 4.99. The Kier molecular flexibility index (Phi) is 7.05. The maximum Gasteiger partial charge on any atom is 0.0435 e. The Labute approximate surface area is 110 Å². The Morgan fingerprint density at radius 2 is 1.88 bits per heavy atom. The van der Waals surface area contributed by atoms with Crippen LogP contribution in [-0.4, -0.2) is 0 Å². The first-order chi connectivity index (χ1) is 7.00. The monoisotopic (exact) mass is 261 g/mol. The largest absolute Gasteiger partial charge is 0.324 e. The third-order valence-corrected chi connectivity index (χ3v) is 3.09. The summed E-state index contributed by atoms with van der Waals surface area (Å²) in [7, 11) is 0. The van der Waals surface area contributed by atoms with E-state index in [1.807, 2.05) is 19.1 Å². The second kappa shape index (κ2) is 7.16. The fourth-order valence-corrected chi connectivity index (χ4v) is 1.70. The van der Waals surface area contributed by atoms with E-state index >= 15 is 0 Å². The van der Waals surface area contributed by atoms with Crippen molar-refractivity contribution in [1.82, 2.24) is 0 Å². The summed E-state index contributed by atoms with van der Waals surface area (Å²) in [5.74, 6) is 0.712. The number of hydrogen-bond acceptors (Lipinski definition) is 1. The number of nitrogens with two attached hydrogens (primary N) is 1. The normalized spacial score (nSPS) is 12.4. The molecule has 0 aliphatic rings. The molecule has 1 aromatic rings. The van der Waals surface area contributed by atoms with Gasteiger partial charge in [0.05, 0.1) is 0 Å². The van der Waals surface area contributed by atoms with Crippen LogP contribution in [0.4, 0.5) is 0 Å². The van der Waals surface area contributed by atoms with Crippen LogP contribution in [0.3, 0.4) is 0 Å². The van der Waals surface area contributed by atoms with Crippen molar-refractivity contribution in [2.75, 3.05) is 0 Å². The molecule has 1 atom stereocenters. The topological polar surface area (TPSA) is 26.0 Å². The maximum absolute atomic E-state index is 6.12. The highest BCUT2D eigenvalue weighted by molar-refractivity contribution is 6.31. The molecule has 0 fully saturated rings. The van der Waals surface area contributed by atoms with Crippen molar-refractivity contribution in [3.05, 3.63) is 34.3 Å². The van der Waals surface area contributed by atoms with Crippen molar-refractivity contribution in [2.24, 2.45) is 11.7 Å². The van der Waals surface area contributed by atoms with Gasteiger partial charge < -0.3 is 5.73 Å². The van der Waals surface area contributed by atoms with Gasteiger partial charge >= 0.3 is 0 Å². The van der Waals surface area contributed by atoms with E-state index in [1.165, 1.54) is 12.0 Å². The smallest absolute Gasteiger partial charge is 0.0435 e. The van der Waals surface area contributed by atoms with Crippen molar-refractivity contribution in [2.45, 2.75) is 39.7 Å². The molecule has 1 aromatic carbocycles. The molecule has 0 saturated heterocycles. The maximum atomic E-state index is 6.12. The summed E-state index contributed by atoms with van der Waals surface area (Å²) in [5, 5.41) is 0.815. The summed E-state index contributed by atoms with van der Waals surface area (Å²) < 4.78 is 0. The molecule has 0 aliphatic carbocycles. The molecule has 0 aromatic heterocycles. The predicted molar refractivity (Wildman–Crippen MR) is 74.4 cm³/mol. The van der Waals surface area contributed by atoms with Crippen LogP contribution in [0.2, 0.25) is 5.02 Å². The third kappa shape index (κ3) is 4.73. The van der Waals surface area contributed by atoms with Gasteiger partial charge in [-0.25, -0.2) is 0 Å². The first-order valence-corrected chi connectivity index (χ1v) is 5.90. The van der Waals surface area contributed by atoms with Gasteiger partial charge in [0.15, 0.2) is 0 Å². The molecule has 1 rings (SSSR count). The van der Waals surface area contributed by atoms with Gasteiger partial charge in [-0.3, -0.25) is 0 Å². The summed E-state index contributed by atoms with van der Waals surface area (Å²) >= 11 is 5.97. The van der Waals surface area contributed by atoms with Gasteiger partial charge in [0.2, 0.25) is 0 Å². The quantitative estimate of drug-likeness (QED) is 0.849. The van der Waals surface area contributed by atoms with Crippen LogP contribution in [0.1, 0.15) is 43.9 Å². The Hall–Kier alpha value is -0.240. The summed E-state index contributed by atoms with van der Waals surface area (Å²) in [4.78, 5) is 0. The molecule has 0 heterocycles. The Balaban J connectivity index is 0.00000225. The highest BCUT2D eigenvalue weighted by Gasteiger charge is 2.08. The molecule has 0 amide bonds. The fourth-order valence-electron chi connectivity index (χ4n) is 1.58. The third-order valence-electron chi connectivity index (χ3n) is 2.67. The summed E-state index contributed by atoms with van der Waals surface area (Å²) in [6.45, 7) is 6.46. The average molecular weight is 262 g/mol. The van der Waals surface area contributed by atoms with Crippen LogP contribution in [0, 0.1) is 12.8 Å². The van der Waals surface area contributed by atoms with Gasteiger partial charge in [-0.2, -0.15) is 0 Å². The molecule has 2 N–H and O–H groups in total. The van der Waals surface area contributed by atoms with Gasteiger partial charge in [-0.05, 0) is 42.9 Å². The molecule has 3 heteroatoms. The summed E-state index contributed by atoms with van der Waals surface area (Å²) in [5.41, 5.74) is 8.42. The molecule has 0 saturated carbocycles. The highest BCUT2D eigenvalue weighted by Crippen LogP contribution is 2.23. The van der Waals surface area contributed by atoms with Crippen molar-refractivity contribution < 1.29 is 0 Å². The number of benzene rings is 1. The summed E-state index contributed by atoms with van der Waals surface area (Å²) in [6, 6.07) is 6.19. The lowest BCUT2D eigenvalue weighted by molar-refractivity contribution is 0.507. The first-order valence-electron chi connectivity index (χ1n) is 5.52. The molecule has 1 nitrogen and oxygen atoms in total. The Morgan fingerprint density at radius 1 is 1.25 bits per heavy atom. The fraction of sp³-hybridized carbons (Fsp3) is 0.538. The summed E-state index contributed by atoms with van der Waals surface area (Å²) in [6.07, 6.45) is 2.21. The SMILES string of the molecule is Cc1cc([C@@H](N)CCC(C)C)ccc1Cl.Cl. The lowest BCUT2D eigenvalue weighted by Gasteiger charge is -2.14. The van der Waals surface area contributed by atoms with Crippen molar-refractivity contribution in [3.63, 3.8) is 0 Å². The van der Waals surface area contributed by atoms with Crippen molar-refractivity contribution in [1.29, 1.82) is 0 Å². The van der Waals surface area contributed by atoms with Gasteiger partial charge in [-0.1, -0.05) is 37.6 Å². The molecular weight excluding hydrogens is 241 g/mol. The van der Waals surface area contributed by atoms with E-state index in [-0.39, 0.29) is 18.4 Å². The minimum atomic E-state index is 0. The molecule has 0 aliphatic heterocycles. The number of hydrogen-bond donors (Lipinski definition) is 1. The molecule has 0 spiro atoms. The van der Waals surface area contributed by atoms with Crippen LogP contribution >= 0.6 is 24.0 Å². The molecule has 0 unspecified atom stereocenters. The first kappa shape index (κ1) is 15.8. The zero-order valence-electron chi connectivity index (χ0n) is 10.2. The predicted octanol–water partition coefficient (Wildman–Crippen LogP) is 4.51. The van der Waals surface area contributed by atoms with Gasteiger partial charge in [0.25, 0.3) is 0 Å².